The highest BCUT2D eigenvalue weighted by molar-refractivity contribution is 6.32. The zero-order valence-electron chi connectivity index (χ0n) is 17.2. The summed E-state index contributed by atoms with van der Waals surface area (Å²) in [6.45, 7) is -0.449. The summed E-state index contributed by atoms with van der Waals surface area (Å²) in [4.78, 5) is 40.0. The quantitative estimate of drug-likeness (QED) is 0.560. The lowest BCUT2D eigenvalue weighted by Crippen LogP contribution is -2.45. The zero-order valence-corrected chi connectivity index (χ0v) is 17.9. The van der Waals surface area contributed by atoms with Crippen molar-refractivity contribution in [3.05, 3.63) is 95.0 Å². The number of imide groups is 1. The van der Waals surface area contributed by atoms with E-state index >= 15 is 0 Å². The van der Waals surface area contributed by atoms with Gasteiger partial charge in [0, 0.05) is 5.69 Å². The fourth-order valence-electron chi connectivity index (χ4n) is 3.74. The molecule has 1 heterocycles. The zero-order chi connectivity index (χ0) is 22.7. The van der Waals surface area contributed by atoms with Gasteiger partial charge in [0.05, 0.1) is 12.1 Å². The SMILES string of the molecule is COc1ccc(NC(=O)CN2C(=O)NC(c3ccccc3)(c3ccccc3)C2=O)cc1Cl. The van der Waals surface area contributed by atoms with Crippen LogP contribution in [0.5, 0.6) is 5.75 Å². The number of carbonyl (C=O) groups excluding carboxylic acids is 3. The van der Waals surface area contributed by atoms with Gasteiger partial charge in [-0.15, -0.1) is 0 Å². The number of amides is 4. The Morgan fingerprint density at radius 3 is 2.12 bits per heavy atom. The number of nitrogens with zero attached hydrogens (tertiary/aromatic N) is 1. The highest BCUT2D eigenvalue weighted by atomic mass is 35.5. The average Bonchev–Trinajstić information content (AvgIpc) is 3.06. The van der Waals surface area contributed by atoms with E-state index in [1.807, 2.05) is 12.1 Å². The molecule has 0 spiro atoms. The molecule has 0 bridgehead atoms. The van der Waals surface area contributed by atoms with Crippen LogP contribution in [0.15, 0.2) is 78.9 Å². The molecule has 0 atom stereocenters. The Kier molecular flexibility index (Phi) is 5.83. The van der Waals surface area contributed by atoms with Gasteiger partial charge in [0.2, 0.25) is 5.91 Å². The van der Waals surface area contributed by atoms with E-state index in [-0.39, 0.29) is 0 Å². The maximum absolute atomic E-state index is 13.6. The summed E-state index contributed by atoms with van der Waals surface area (Å²) in [5.74, 6) is -0.594. The molecule has 0 aliphatic carbocycles. The number of hydrogen-bond acceptors (Lipinski definition) is 4. The number of anilines is 1. The van der Waals surface area contributed by atoms with E-state index in [2.05, 4.69) is 10.6 Å². The fraction of sp³-hybridized carbons (Fsp3) is 0.125. The number of urea groups is 1. The van der Waals surface area contributed by atoms with E-state index in [1.54, 1.807) is 60.7 Å². The number of ether oxygens (including phenoxy) is 1. The molecule has 0 unspecified atom stereocenters. The number of halogens is 1. The van der Waals surface area contributed by atoms with Crippen LogP contribution in [0.3, 0.4) is 0 Å². The molecule has 0 aromatic heterocycles. The van der Waals surface area contributed by atoms with Crippen LogP contribution in [0.4, 0.5) is 10.5 Å². The van der Waals surface area contributed by atoms with Gasteiger partial charge in [-0.25, -0.2) is 4.79 Å². The van der Waals surface area contributed by atoms with Gasteiger partial charge >= 0.3 is 6.03 Å². The average molecular weight is 450 g/mol. The van der Waals surface area contributed by atoms with E-state index in [4.69, 9.17) is 16.3 Å². The monoisotopic (exact) mass is 449 g/mol. The van der Waals surface area contributed by atoms with E-state index in [9.17, 15) is 14.4 Å². The van der Waals surface area contributed by atoms with Crippen LogP contribution in [-0.4, -0.2) is 36.4 Å². The Hall–Kier alpha value is -3.84. The minimum absolute atomic E-state index is 0.326. The van der Waals surface area contributed by atoms with Crippen molar-refractivity contribution in [1.29, 1.82) is 0 Å². The summed E-state index contributed by atoms with van der Waals surface area (Å²) in [6.07, 6.45) is 0. The molecule has 0 saturated carbocycles. The Balaban J connectivity index is 1.61. The second-order valence-electron chi connectivity index (χ2n) is 7.20. The Bertz CT molecular complexity index is 1130. The van der Waals surface area contributed by atoms with Crippen molar-refractivity contribution in [2.75, 3.05) is 19.0 Å². The summed E-state index contributed by atoms with van der Waals surface area (Å²) < 4.78 is 5.10. The second-order valence-corrected chi connectivity index (χ2v) is 7.61. The standard InChI is InChI=1S/C24H20ClN3O4/c1-32-20-13-12-18(14-19(20)25)26-21(29)15-28-22(30)24(27-23(28)31,16-8-4-2-5-9-16)17-10-6-3-7-11-17/h2-14H,15H2,1H3,(H,26,29)(H,27,31). The number of carbonyl (C=O) groups is 3. The third-order valence-corrected chi connectivity index (χ3v) is 5.55. The summed E-state index contributed by atoms with van der Waals surface area (Å²) in [5.41, 5.74) is 0.220. The third-order valence-electron chi connectivity index (χ3n) is 5.26. The number of benzene rings is 3. The lowest BCUT2D eigenvalue weighted by molar-refractivity contribution is -0.133. The van der Waals surface area contributed by atoms with Gasteiger partial charge in [0.1, 0.15) is 12.3 Å². The molecule has 4 amide bonds. The van der Waals surface area contributed by atoms with Crippen LogP contribution in [-0.2, 0) is 15.1 Å². The smallest absolute Gasteiger partial charge is 0.326 e. The minimum atomic E-state index is -1.41. The number of rotatable bonds is 6. The molecule has 2 N–H and O–H groups in total. The highest BCUT2D eigenvalue weighted by Gasteiger charge is 2.54. The second kappa shape index (κ2) is 8.72. The number of hydrogen-bond donors (Lipinski definition) is 2. The first kappa shape index (κ1) is 21.4. The molecule has 0 radical (unpaired) electrons. The normalized spacial score (nSPS) is 14.8. The Morgan fingerprint density at radius 2 is 1.59 bits per heavy atom. The van der Waals surface area contributed by atoms with Gasteiger partial charge in [0.15, 0.2) is 5.54 Å². The molecule has 1 saturated heterocycles. The Morgan fingerprint density at radius 1 is 1.00 bits per heavy atom. The fourth-order valence-corrected chi connectivity index (χ4v) is 4.00. The largest absolute Gasteiger partial charge is 0.495 e. The van der Waals surface area contributed by atoms with Crippen molar-refractivity contribution in [3.63, 3.8) is 0 Å². The minimum Gasteiger partial charge on any atom is -0.495 e. The first-order valence-corrected chi connectivity index (χ1v) is 10.2. The molecule has 162 valence electrons. The van der Waals surface area contributed by atoms with Gasteiger partial charge in [-0.05, 0) is 29.3 Å². The highest BCUT2D eigenvalue weighted by Crippen LogP contribution is 2.36. The van der Waals surface area contributed by atoms with Gasteiger partial charge in [-0.3, -0.25) is 14.5 Å². The topological polar surface area (TPSA) is 87.7 Å². The summed E-state index contributed by atoms with van der Waals surface area (Å²) in [7, 11) is 1.49. The predicted molar refractivity (Wildman–Crippen MR) is 121 cm³/mol. The molecule has 3 aromatic rings. The summed E-state index contributed by atoms with van der Waals surface area (Å²) in [6, 6.07) is 22.0. The van der Waals surface area contributed by atoms with Gasteiger partial charge in [-0.2, -0.15) is 0 Å². The van der Waals surface area contributed by atoms with Crippen molar-refractivity contribution in [2.24, 2.45) is 0 Å². The summed E-state index contributed by atoms with van der Waals surface area (Å²) in [5, 5.41) is 5.80. The third kappa shape index (κ3) is 3.78. The maximum atomic E-state index is 13.6. The molecule has 7 nitrogen and oxygen atoms in total. The lowest BCUT2D eigenvalue weighted by atomic mass is 9.82. The molecule has 8 heteroatoms. The van der Waals surface area contributed by atoms with E-state index in [0.717, 1.165) is 4.90 Å². The van der Waals surface area contributed by atoms with Crippen molar-refractivity contribution in [3.8, 4) is 5.75 Å². The van der Waals surface area contributed by atoms with Crippen molar-refractivity contribution < 1.29 is 19.1 Å². The van der Waals surface area contributed by atoms with E-state index < -0.39 is 29.9 Å². The molecule has 1 aliphatic heterocycles. The Labute approximate surface area is 189 Å². The molecule has 32 heavy (non-hydrogen) atoms. The van der Waals surface area contributed by atoms with Crippen molar-refractivity contribution in [1.82, 2.24) is 10.2 Å². The maximum Gasteiger partial charge on any atom is 0.326 e. The molecular weight excluding hydrogens is 430 g/mol. The molecule has 1 fully saturated rings. The van der Waals surface area contributed by atoms with Crippen LogP contribution >= 0.6 is 11.6 Å². The van der Waals surface area contributed by atoms with Crippen LogP contribution < -0.4 is 15.4 Å². The van der Waals surface area contributed by atoms with Gasteiger partial charge in [-0.1, -0.05) is 72.3 Å². The van der Waals surface area contributed by atoms with Gasteiger partial charge < -0.3 is 15.4 Å². The first-order valence-electron chi connectivity index (χ1n) is 9.84. The van der Waals surface area contributed by atoms with Crippen LogP contribution in [0.2, 0.25) is 5.02 Å². The first-order chi connectivity index (χ1) is 15.5. The summed E-state index contributed by atoms with van der Waals surface area (Å²) >= 11 is 6.10. The number of nitrogens with one attached hydrogen (secondary N) is 2. The van der Waals surface area contributed by atoms with Crippen molar-refractivity contribution >= 4 is 35.1 Å². The lowest BCUT2D eigenvalue weighted by Gasteiger charge is -2.28. The molecule has 1 aliphatic rings. The van der Waals surface area contributed by atoms with Crippen LogP contribution in [0, 0.1) is 0 Å². The van der Waals surface area contributed by atoms with E-state index in [0.29, 0.717) is 27.6 Å². The predicted octanol–water partition coefficient (Wildman–Crippen LogP) is 3.78. The van der Waals surface area contributed by atoms with E-state index in [1.165, 1.54) is 13.2 Å². The van der Waals surface area contributed by atoms with Crippen molar-refractivity contribution in [2.45, 2.75) is 5.54 Å². The number of methoxy groups -OCH3 is 1. The van der Waals surface area contributed by atoms with Gasteiger partial charge in [0.25, 0.3) is 5.91 Å². The molecule has 4 rings (SSSR count). The molecular formula is C24H20ClN3O4. The van der Waals surface area contributed by atoms with Crippen LogP contribution in [0.25, 0.3) is 0 Å². The van der Waals surface area contributed by atoms with Crippen LogP contribution in [0.1, 0.15) is 11.1 Å². The molecule has 3 aromatic carbocycles.